The second-order valence-corrected chi connectivity index (χ2v) is 7.85. The van der Waals surface area contributed by atoms with Crippen LogP contribution < -0.4 is 5.32 Å². The van der Waals surface area contributed by atoms with Crippen molar-refractivity contribution in [2.75, 3.05) is 19.6 Å². The molecular weight excluding hydrogens is 357 g/mol. The van der Waals surface area contributed by atoms with Gasteiger partial charge in [-0.1, -0.05) is 23.2 Å². The number of piperidine rings is 3. The molecule has 25 heavy (non-hydrogen) atoms. The van der Waals surface area contributed by atoms with E-state index in [-0.39, 0.29) is 11.9 Å². The maximum atomic E-state index is 12.8. The molecule has 3 aliphatic rings. The molecular formula is C19H21Cl2N3O. The van der Waals surface area contributed by atoms with Crippen LogP contribution in [0.15, 0.2) is 30.3 Å². The smallest absolute Gasteiger partial charge is 0.268 e. The zero-order valence-electron chi connectivity index (χ0n) is 14.1. The van der Waals surface area contributed by atoms with Gasteiger partial charge in [-0.2, -0.15) is 0 Å². The number of halogens is 2. The van der Waals surface area contributed by atoms with Gasteiger partial charge in [0.2, 0.25) is 0 Å². The predicted octanol–water partition coefficient (Wildman–Crippen LogP) is 3.82. The van der Waals surface area contributed by atoms with E-state index >= 15 is 0 Å². The number of nitrogens with one attached hydrogen (secondary N) is 1. The molecule has 3 aliphatic heterocycles. The third-order valence-electron chi connectivity index (χ3n) is 5.53. The first-order chi connectivity index (χ1) is 12.0. The Kier molecular flexibility index (Phi) is 4.52. The van der Waals surface area contributed by atoms with E-state index in [9.17, 15) is 4.79 Å². The van der Waals surface area contributed by atoms with Crippen LogP contribution in [0.25, 0.3) is 11.3 Å². The zero-order valence-corrected chi connectivity index (χ0v) is 15.6. The van der Waals surface area contributed by atoms with Gasteiger partial charge in [0, 0.05) is 35.9 Å². The van der Waals surface area contributed by atoms with Crippen LogP contribution in [0.3, 0.4) is 0 Å². The van der Waals surface area contributed by atoms with E-state index in [1.165, 1.54) is 25.9 Å². The van der Waals surface area contributed by atoms with E-state index in [2.05, 4.69) is 10.2 Å². The van der Waals surface area contributed by atoms with Gasteiger partial charge in [-0.3, -0.25) is 4.79 Å². The highest BCUT2D eigenvalue weighted by atomic mass is 35.5. The van der Waals surface area contributed by atoms with Crippen LogP contribution in [-0.4, -0.2) is 41.1 Å². The Hall–Kier alpha value is -1.49. The number of benzene rings is 1. The number of aromatic nitrogens is 1. The largest absolute Gasteiger partial charge is 0.346 e. The van der Waals surface area contributed by atoms with Crippen LogP contribution in [0.2, 0.25) is 10.0 Å². The molecule has 1 N–H and O–H groups in total. The third kappa shape index (κ3) is 3.19. The first kappa shape index (κ1) is 17.0. The summed E-state index contributed by atoms with van der Waals surface area (Å²) in [6.45, 7) is 3.30. The Morgan fingerprint density at radius 3 is 2.56 bits per heavy atom. The van der Waals surface area contributed by atoms with Crippen molar-refractivity contribution in [2.24, 2.45) is 13.0 Å². The number of fused-ring (bicyclic) bond motifs is 3. The quantitative estimate of drug-likeness (QED) is 0.882. The molecule has 1 aromatic carbocycles. The van der Waals surface area contributed by atoms with Crippen molar-refractivity contribution in [1.29, 1.82) is 0 Å². The van der Waals surface area contributed by atoms with Crippen molar-refractivity contribution in [3.05, 3.63) is 46.1 Å². The minimum absolute atomic E-state index is 0.0161. The van der Waals surface area contributed by atoms with Gasteiger partial charge in [-0.25, -0.2) is 0 Å². The Labute approximate surface area is 157 Å². The summed E-state index contributed by atoms with van der Waals surface area (Å²) in [7, 11) is 1.89. The summed E-state index contributed by atoms with van der Waals surface area (Å²) in [6.07, 6.45) is 2.37. The number of nitrogens with zero attached hydrogens (tertiary/aromatic N) is 2. The summed E-state index contributed by atoms with van der Waals surface area (Å²) < 4.78 is 1.89. The van der Waals surface area contributed by atoms with Crippen molar-refractivity contribution in [3.8, 4) is 11.3 Å². The third-order valence-corrected chi connectivity index (χ3v) is 6.08. The average molecular weight is 378 g/mol. The fourth-order valence-corrected chi connectivity index (χ4v) is 4.58. The number of hydrogen-bond donors (Lipinski definition) is 1. The van der Waals surface area contributed by atoms with Crippen molar-refractivity contribution in [3.63, 3.8) is 0 Å². The molecule has 4 nitrogen and oxygen atoms in total. The van der Waals surface area contributed by atoms with Gasteiger partial charge in [0.1, 0.15) is 5.69 Å². The summed E-state index contributed by atoms with van der Waals surface area (Å²) in [5.74, 6) is 0.594. The first-order valence-electron chi connectivity index (χ1n) is 8.67. The van der Waals surface area contributed by atoms with Crippen LogP contribution in [0.1, 0.15) is 23.3 Å². The highest BCUT2D eigenvalue weighted by Gasteiger charge is 2.35. The molecule has 1 atom stereocenters. The van der Waals surface area contributed by atoms with Crippen LogP contribution in [0, 0.1) is 5.92 Å². The number of amides is 1. The monoisotopic (exact) mass is 377 g/mol. The number of rotatable bonds is 3. The lowest BCUT2D eigenvalue weighted by Gasteiger charge is -2.44. The SMILES string of the molecule is Cn1c(C(=O)N[C@H]2CN3CCC2CC3)ccc1-c1ccc(Cl)cc1Cl. The number of carbonyl (C=O) groups excluding carboxylic acids is 1. The predicted molar refractivity (Wildman–Crippen MR) is 101 cm³/mol. The lowest BCUT2D eigenvalue weighted by molar-refractivity contribution is 0.0616. The van der Waals surface area contributed by atoms with Crippen molar-refractivity contribution >= 4 is 29.1 Å². The molecule has 3 saturated heterocycles. The summed E-state index contributed by atoms with van der Waals surface area (Å²) in [5, 5.41) is 4.42. The minimum Gasteiger partial charge on any atom is -0.346 e. The van der Waals surface area contributed by atoms with Crippen molar-refractivity contribution < 1.29 is 4.79 Å². The van der Waals surface area contributed by atoms with Gasteiger partial charge >= 0.3 is 0 Å². The van der Waals surface area contributed by atoms with Crippen LogP contribution >= 0.6 is 23.2 Å². The first-order valence-corrected chi connectivity index (χ1v) is 9.43. The van der Waals surface area contributed by atoms with Crippen LogP contribution in [0.5, 0.6) is 0 Å². The standard InChI is InChI=1S/C19H21Cl2N3O/c1-23-17(14-3-2-13(20)10-15(14)21)4-5-18(23)19(25)22-16-11-24-8-6-12(16)7-9-24/h2-5,10,12,16H,6-9,11H2,1H3,(H,22,25)/t16-/m0/s1. The highest BCUT2D eigenvalue weighted by Crippen LogP contribution is 2.32. The van der Waals surface area contributed by atoms with Gasteiger partial charge < -0.3 is 14.8 Å². The molecule has 1 aromatic heterocycles. The molecule has 0 saturated carbocycles. The maximum Gasteiger partial charge on any atom is 0.268 e. The topological polar surface area (TPSA) is 37.3 Å². The van der Waals surface area contributed by atoms with Gasteiger partial charge in [-0.05, 0) is 62.2 Å². The molecule has 2 aromatic rings. The van der Waals surface area contributed by atoms with Crippen molar-refractivity contribution in [2.45, 2.75) is 18.9 Å². The second-order valence-electron chi connectivity index (χ2n) is 7.00. The molecule has 1 amide bonds. The highest BCUT2D eigenvalue weighted by molar-refractivity contribution is 6.36. The number of hydrogen-bond acceptors (Lipinski definition) is 2. The summed E-state index contributed by atoms with van der Waals surface area (Å²) in [6, 6.07) is 9.46. The van der Waals surface area contributed by atoms with Gasteiger partial charge in [0.15, 0.2) is 0 Å². The summed E-state index contributed by atoms with van der Waals surface area (Å²) in [4.78, 5) is 15.2. The fourth-order valence-electron chi connectivity index (χ4n) is 4.08. The molecule has 6 heteroatoms. The van der Waals surface area contributed by atoms with E-state index in [1.54, 1.807) is 6.07 Å². The van der Waals surface area contributed by atoms with E-state index in [0.29, 0.717) is 21.7 Å². The lowest BCUT2D eigenvalue weighted by atomic mass is 9.84. The molecule has 3 fully saturated rings. The molecule has 2 bridgehead atoms. The zero-order chi connectivity index (χ0) is 17.6. The Bertz CT molecular complexity index is 809. The molecule has 5 rings (SSSR count). The Morgan fingerprint density at radius 2 is 1.92 bits per heavy atom. The van der Waals surface area contributed by atoms with E-state index < -0.39 is 0 Å². The normalized spacial score (nSPS) is 25.2. The van der Waals surface area contributed by atoms with Gasteiger partial charge in [0.05, 0.1) is 5.02 Å². The molecule has 0 radical (unpaired) electrons. The lowest BCUT2D eigenvalue weighted by Crippen LogP contribution is -2.57. The fraction of sp³-hybridized carbons (Fsp3) is 0.421. The number of carbonyl (C=O) groups is 1. The second kappa shape index (κ2) is 6.67. The van der Waals surface area contributed by atoms with Crippen LogP contribution in [0.4, 0.5) is 0 Å². The maximum absolute atomic E-state index is 12.8. The molecule has 132 valence electrons. The van der Waals surface area contributed by atoms with E-state index in [0.717, 1.165) is 17.8 Å². The van der Waals surface area contributed by atoms with Gasteiger partial charge in [0.25, 0.3) is 5.91 Å². The van der Waals surface area contributed by atoms with E-state index in [1.807, 2.05) is 35.9 Å². The Balaban J connectivity index is 1.55. The molecule has 0 spiro atoms. The molecule has 4 heterocycles. The molecule has 0 unspecified atom stereocenters. The van der Waals surface area contributed by atoms with E-state index in [4.69, 9.17) is 23.2 Å². The average Bonchev–Trinajstić information content (AvgIpc) is 2.97. The Morgan fingerprint density at radius 1 is 1.16 bits per heavy atom. The van der Waals surface area contributed by atoms with Gasteiger partial charge in [-0.15, -0.1) is 0 Å². The summed E-state index contributed by atoms with van der Waals surface area (Å²) in [5.41, 5.74) is 2.42. The minimum atomic E-state index is -0.0161. The van der Waals surface area contributed by atoms with Crippen molar-refractivity contribution in [1.82, 2.24) is 14.8 Å². The molecule has 0 aliphatic carbocycles. The summed E-state index contributed by atoms with van der Waals surface area (Å²) >= 11 is 12.3. The van der Waals surface area contributed by atoms with Crippen LogP contribution in [-0.2, 0) is 7.05 Å².